The Hall–Kier alpha value is -0.610. The van der Waals surface area contributed by atoms with Gasteiger partial charge in [0.15, 0.2) is 5.13 Å². The summed E-state index contributed by atoms with van der Waals surface area (Å²) in [6, 6.07) is 0. The van der Waals surface area contributed by atoms with E-state index in [0.29, 0.717) is 0 Å². The van der Waals surface area contributed by atoms with E-state index >= 15 is 0 Å². The summed E-state index contributed by atoms with van der Waals surface area (Å²) in [6.45, 7) is 7.84. The number of hydrogen-bond donors (Lipinski definition) is 1. The molecule has 0 bridgehead atoms. The number of anilines is 1. The van der Waals surface area contributed by atoms with Crippen LogP contribution in [0.2, 0.25) is 0 Å². The van der Waals surface area contributed by atoms with Gasteiger partial charge in [-0.15, -0.1) is 11.3 Å². The average Bonchev–Trinajstić information content (AvgIpc) is 2.76. The fraction of sp³-hybridized carbons (Fsp3) is 0.727. The third-order valence-corrected chi connectivity index (χ3v) is 4.11. The number of rotatable bonds is 3. The molecule has 0 spiro atoms. The van der Waals surface area contributed by atoms with Crippen LogP contribution in [-0.4, -0.2) is 25.1 Å². The molecule has 0 aromatic carbocycles. The Kier molecular flexibility index (Phi) is 3.26. The van der Waals surface area contributed by atoms with E-state index in [-0.39, 0.29) is 0 Å². The molecule has 84 valence electrons. The van der Waals surface area contributed by atoms with Crippen molar-refractivity contribution in [2.45, 2.75) is 20.4 Å². The van der Waals surface area contributed by atoms with Crippen LogP contribution in [0.4, 0.5) is 5.13 Å². The van der Waals surface area contributed by atoms with E-state index in [2.05, 4.69) is 34.4 Å². The van der Waals surface area contributed by atoms with Crippen molar-refractivity contribution in [2.75, 3.05) is 25.0 Å². The Morgan fingerprint density at radius 1 is 1.47 bits per heavy atom. The molecule has 3 nitrogen and oxygen atoms in total. The van der Waals surface area contributed by atoms with Gasteiger partial charge in [-0.3, -0.25) is 0 Å². The maximum absolute atomic E-state index is 4.63. The van der Waals surface area contributed by atoms with Crippen molar-refractivity contribution in [3.63, 3.8) is 0 Å². The first kappa shape index (κ1) is 10.9. The number of thiazole rings is 1. The molecule has 15 heavy (non-hydrogen) atoms. The van der Waals surface area contributed by atoms with Crippen molar-refractivity contribution >= 4 is 16.5 Å². The first-order valence-corrected chi connectivity index (χ1v) is 6.42. The number of aromatic nitrogens is 1. The van der Waals surface area contributed by atoms with Gasteiger partial charge in [0.2, 0.25) is 0 Å². The molecule has 1 aromatic heterocycles. The first-order valence-electron chi connectivity index (χ1n) is 5.54. The topological polar surface area (TPSA) is 28.2 Å². The largest absolute Gasteiger partial charge is 0.348 e. The molecule has 1 aliphatic rings. The summed E-state index contributed by atoms with van der Waals surface area (Å²) < 4.78 is 0. The minimum atomic E-state index is 0.793. The lowest BCUT2D eigenvalue weighted by atomic mass is 10.0. The minimum Gasteiger partial charge on any atom is -0.348 e. The first-order chi connectivity index (χ1) is 7.20. The smallest absolute Gasteiger partial charge is 0.185 e. The zero-order valence-corrected chi connectivity index (χ0v) is 10.5. The highest BCUT2D eigenvalue weighted by Gasteiger charge is 2.27. The molecule has 4 heteroatoms. The Morgan fingerprint density at radius 2 is 2.13 bits per heavy atom. The molecule has 2 heterocycles. The van der Waals surface area contributed by atoms with Gasteiger partial charge >= 0.3 is 0 Å². The van der Waals surface area contributed by atoms with Crippen molar-refractivity contribution in [3.05, 3.63) is 11.1 Å². The molecule has 1 aliphatic heterocycles. The maximum atomic E-state index is 4.63. The maximum Gasteiger partial charge on any atom is 0.185 e. The zero-order valence-electron chi connectivity index (χ0n) is 9.66. The highest BCUT2D eigenvalue weighted by atomic mass is 32.1. The van der Waals surface area contributed by atoms with Gasteiger partial charge in [-0.2, -0.15) is 0 Å². The van der Waals surface area contributed by atoms with E-state index < -0.39 is 0 Å². The second kappa shape index (κ2) is 4.49. The van der Waals surface area contributed by atoms with E-state index in [0.717, 1.165) is 37.2 Å². The highest BCUT2D eigenvalue weighted by molar-refractivity contribution is 7.13. The molecule has 2 unspecified atom stereocenters. The molecule has 1 aromatic rings. The molecule has 0 amide bonds. The monoisotopic (exact) mass is 225 g/mol. The molecule has 1 fully saturated rings. The second-order valence-electron chi connectivity index (χ2n) is 4.51. The lowest BCUT2D eigenvalue weighted by Crippen LogP contribution is -2.19. The summed E-state index contributed by atoms with van der Waals surface area (Å²) in [7, 11) is 1.96. The van der Waals surface area contributed by atoms with Gasteiger partial charge in [0.1, 0.15) is 0 Å². The molecule has 1 saturated heterocycles. The molecular formula is C11H19N3S. The van der Waals surface area contributed by atoms with Gasteiger partial charge in [0.25, 0.3) is 0 Å². The number of nitrogens with zero attached hydrogens (tertiary/aromatic N) is 2. The molecular weight excluding hydrogens is 206 g/mol. The van der Waals surface area contributed by atoms with Crippen LogP contribution in [0.15, 0.2) is 5.38 Å². The predicted molar refractivity (Wildman–Crippen MR) is 65.4 cm³/mol. The van der Waals surface area contributed by atoms with E-state index in [9.17, 15) is 0 Å². The quantitative estimate of drug-likeness (QED) is 0.852. The normalized spacial score (nSPS) is 26.2. The summed E-state index contributed by atoms with van der Waals surface area (Å²) in [6.07, 6.45) is 0. The van der Waals surface area contributed by atoms with Crippen molar-refractivity contribution in [2.24, 2.45) is 11.8 Å². The van der Waals surface area contributed by atoms with Crippen molar-refractivity contribution < 1.29 is 0 Å². The Bertz CT molecular complexity index is 313. The Balaban J connectivity index is 2.04. The van der Waals surface area contributed by atoms with Gasteiger partial charge in [0.05, 0.1) is 5.69 Å². The Labute approximate surface area is 95.5 Å². The fourth-order valence-electron chi connectivity index (χ4n) is 1.99. The third kappa shape index (κ3) is 2.32. The second-order valence-corrected chi connectivity index (χ2v) is 5.35. The van der Waals surface area contributed by atoms with Crippen molar-refractivity contribution in [1.29, 1.82) is 0 Å². The fourth-order valence-corrected chi connectivity index (χ4v) is 2.84. The molecule has 0 radical (unpaired) electrons. The van der Waals surface area contributed by atoms with E-state index in [1.807, 2.05) is 7.05 Å². The van der Waals surface area contributed by atoms with Gasteiger partial charge in [-0.1, -0.05) is 13.8 Å². The van der Waals surface area contributed by atoms with Gasteiger partial charge in [0, 0.05) is 25.0 Å². The SMILES string of the molecule is CNCc1csc(N2CC(C)C(C)C2)n1. The van der Waals surface area contributed by atoms with Gasteiger partial charge < -0.3 is 10.2 Å². The van der Waals surface area contributed by atoms with Crippen LogP contribution in [0.1, 0.15) is 19.5 Å². The number of nitrogens with one attached hydrogen (secondary N) is 1. The summed E-state index contributed by atoms with van der Waals surface area (Å²) in [4.78, 5) is 7.05. The van der Waals surface area contributed by atoms with E-state index in [4.69, 9.17) is 0 Å². The molecule has 2 atom stereocenters. The molecule has 0 saturated carbocycles. The van der Waals surface area contributed by atoms with Crippen LogP contribution in [-0.2, 0) is 6.54 Å². The van der Waals surface area contributed by atoms with Crippen molar-refractivity contribution in [1.82, 2.24) is 10.3 Å². The summed E-state index contributed by atoms with van der Waals surface area (Å²) in [5.41, 5.74) is 1.16. The number of hydrogen-bond acceptors (Lipinski definition) is 4. The van der Waals surface area contributed by atoms with Crippen LogP contribution < -0.4 is 10.2 Å². The van der Waals surface area contributed by atoms with Crippen LogP contribution in [0.3, 0.4) is 0 Å². The zero-order chi connectivity index (χ0) is 10.8. The molecule has 1 N–H and O–H groups in total. The standard InChI is InChI=1S/C11H19N3S/c1-8-5-14(6-9(8)2)11-13-10(4-12-3)7-15-11/h7-9,12H,4-6H2,1-3H3. The minimum absolute atomic E-state index is 0.793. The Morgan fingerprint density at radius 3 is 2.73 bits per heavy atom. The average molecular weight is 225 g/mol. The molecule has 2 rings (SSSR count). The van der Waals surface area contributed by atoms with Crippen LogP contribution in [0.25, 0.3) is 0 Å². The highest BCUT2D eigenvalue weighted by Crippen LogP contribution is 2.29. The van der Waals surface area contributed by atoms with Crippen molar-refractivity contribution in [3.8, 4) is 0 Å². The van der Waals surface area contributed by atoms with Crippen LogP contribution in [0, 0.1) is 11.8 Å². The van der Waals surface area contributed by atoms with E-state index in [1.165, 1.54) is 5.13 Å². The third-order valence-electron chi connectivity index (χ3n) is 3.16. The van der Waals surface area contributed by atoms with Gasteiger partial charge in [-0.25, -0.2) is 4.98 Å². The lowest BCUT2D eigenvalue weighted by molar-refractivity contribution is 0.494. The van der Waals surface area contributed by atoms with Gasteiger partial charge in [-0.05, 0) is 18.9 Å². The van der Waals surface area contributed by atoms with Crippen LogP contribution >= 0.6 is 11.3 Å². The summed E-state index contributed by atoms with van der Waals surface area (Å²) >= 11 is 1.77. The summed E-state index contributed by atoms with van der Waals surface area (Å²) in [5.74, 6) is 1.59. The summed E-state index contributed by atoms with van der Waals surface area (Å²) in [5, 5.41) is 6.47. The predicted octanol–water partition coefficient (Wildman–Crippen LogP) is 1.95. The van der Waals surface area contributed by atoms with Crippen LogP contribution in [0.5, 0.6) is 0 Å². The lowest BCUT2D eigenvalue weighted by Gasteiger charge is -2.13. The molecule has 0 aliphatic carbocycles. The van der Waals surface area contributed by atoms with E-state index in [1.54, 1.807) is 11.3 Å².